The summed E-state index contributed by atoms with van der Waals surface area (Å²) in [4.78, 5) is 72.5. The summed E-state index contributed by atoms with van der Waals surface area (Å²) in [5.74, 6) is -1.27. The van der Waals surface area contributed by atoms with E-state index in [1.807, 2.05) is 0 Å². The minimum Gasteiger partial charge on any atom is -0.462 e. The van der Waals surface area contributed by atoms with Crippen LogP contribution in [0.1, 0.15) is 407 Å². The molecule has 17 nitrogen and oxygen atoms in total. The molecule has 0 fully saturated rings. The summed E-state index contributed by atoms with van der Waals surface area (Å²) in [6.07, 6.45) is 60.1. The van der Waals surface area contributed by atoms with Crippen molar-refractivity contribution in [3.8, 4) is 0 Å². The molecule has 0 rings (SSSR count). The zero-order valence-electron chi connectivity index (χ0n) is 62.5. The van der Waals surface area contributed by atoms with E-state index >= 15 is 0 Å². The van der Waals surface area contributed by atoms with Gasteiger partial charge in [0.1, 0.15) is 19.3 Å². The zero-order chi connectivity index (χ0) is 70.5. The molecule has 0 spiro atoms. The van der Waals surface area contributed by atoms with Gasteiger partial charge in [0.15, 0.2) is 12.2 Å². The fraction of sp³-hybridized carbons (Fsp3) is 0.948. The highest BCUT2D eigenvalue weighted by molar-refractivity contribution is 7.47. The first-order valence-electron chi connectivity index (χ1n) is 40.2. The second-order valence-electron chi connectivity index (χ2n) is 28.0. The highest BCUT2D eigenvalue weighted by atomic mass is 31.2. The van der Waals surface area contributed by atoms with E-state index in [2.05, 4.69) is 34.6 Å². The van der Waals surface area contributed by atoms with Crippen LogP contribution in [0.25, 0.3) is 0 Å². The lowest BCUT2D eigenvalue weighted by Gasteiger charge is -2.21. The van der Waals surface area contributed by atoms with Gasteiger partial charge in [0.05, 0.1) is 26.4 Å². The predicted octanol–water partition coefficient (Wildman–Crippen LogP) is 22.9. The summed E-state index contributed by atoms with van der Waals surface area (Å²) in [5, 5.41) is 10.6. The molecule has 0 amide bonds. The first-order valence-corrected chi connectivity index (χ1v) is 43.2. The Morgan fingerprint density at radius 3 is 0.740 bits per heavy atom. The Labute approximate surface area is 588 Å². The number of hydrogen-bond donors (Lipinski definition) is 3. The van der Waals surface area contributed by atoms with Crippen molar-refractivity contribution in [2.45, 2.75) is 425 Å². The Balaban J connectivity index is 5.12. The van der Waals surface area contributed by atoms with E-state index in [0.29, 0.717) is 25.7 Å². The maximum atomic E-state index is 13.1. The Bertz CT molecular complexity index is 1840. The molecule has 6 atom stereocenters. The third kappa shape index (κ3) is 69.2. The molecule has 19 heteroatoms. The van der Waals surface area contributed by atoms with E-state index in [4.69, 9.17) is 37.0 Å². The number of ether oxygens (including phenoxy) is 4. The number of esters is 4. The van der Waals surface area contributed by atoms with Crippen LogP contribution in [0.4, 0.5) is 0 Å². The fourth-order valence-electron chi connectivity index (χ4n) is 11.8. The number of aliphatic hydroxyl groups excluding tert-OH is 1. The van der Waals surface area contributed by atoms with Gasteiger partial charge in [-0.1, -0.05) is 356 Å². The van der Waals surface area contributed by atoms with E-state index < -0.39 is 97.5 Å². The smallest absolute Gasteiger partial charge is 0.462 e. The Morgan fingerprint density at radius 2 is 0.500 bits per heavy atom. The summed E-state index contributed by atoms with van der Waals surface area (Å²) < 4.78 is 68.3. The van der Waals surface area contributed by atoms with Crippen LogP contribution in [-0.4, -0.2) is 96.7 Å². The van der Waals surface area contributed by atoms with E-state index in [9.17, 15) is 43.2 Å². The van der Waals surface area contributed by atoms with Gasteiger partial charge in [-0.15, -0.1) is 0 Å². The van der Waals surface area contributed by atoms with Crippen LogP contribution in [0.3, 0.4) is 0 Å². The Morgan fingerprint density at radius 1 is 0.292 bits per heavy atom. The highest BCUT2D eigenvalue weighted by Gasteiger charge is 2.30. The summed E-state index contributed by atoms with van der Waals surface area (Å²) in [6, 6.07) is 0. The van der Waals surface area contributed by atoms with Gasteiger partial charge < -0.3 is 33.8 Å². The number of aliphatic hydroxyl groups is 1. The standard InChI is InChI=1S/C77H150O17P2/c1-6-10-13-16-18-20-22-24-25-26-27-28-29-30-31-36-40-44-48-53-58-63-77(82)94-73(67-88-75(80)61-56-51-46-42-39-35-33-32-34-37-41-45-50-54-59-70(5)9-4)69-92-96(85,86)90-65-71(78)64-89-95(83,84)91-68-72(66-87-74(79)60-55-49-15-12-8-3)93-76(81)62-57-52-47-43-38-23-21-19-17-14-11-7-2/h70-73,78H,6-69H2,1-5H3,(H,83,84)(H,85,86)/t70?,71-,72+,73+/m0/s1. The number of hydrogen-bond acceptors (Lipinski definition) is 15. The van der Waals surface area contributed by atoms with Crippen LogP contribution >= 0.6 is 15.6 Å². The van der Waals surface area contributed by atoms with Gasteiger partial charge in [0.25, 0.3) is 0 Å². The lowest BCUT2D eigenvalue weighted by atomic mass is 9.99. The molecule has 0 aliphatic heterocycles. The molecule has 0 aliphatic carbocycles. The largest absolute Gasteiger partial charge is 0.472 e. The summed E-state index contributed by atoms with van der Waals surface area (Å²) in [7, 11) is -9.90. The van der Waals surface area contributed by atoms with Gasteiger partial charge in [-0.25, -0.2) is 9.13 Å². The molecule has 570 valence electrons. The molecular weight excluding hydrogens is 1260 g/mol. The van der Waals surface area contributed by atoms with Crippen molar-refractivity contribution >= 4 is 39.5 Å². The summed E-state index contributed by atoms with van der Waals surface area (Å²) in [5.41, 5.74) is 0. The van der Waals surface area contributed by atoms with Gasteiger partial charge in [-0.05, 0) is 31.6 Å². The number of carbonyl (C=O) groups is 4. The van der Waals surface area contributed by atoms with Gasteiger partial charge in [-0.2, -0.15) is 0 Å². The van der Waals surface area contributed by atoms with Crippen LogP contribution in [0, 0.1) is 5.92 Å². The number of carbonyl (C=O) groups excluding carboxylic acids is 4. The predicted molar refractivity (Wildman–Crippen MR) is 391 cm³/mol. The first-order chi connectivity index (χ1) is 46.6. The van der Waals surface area contributed by atoms with Crippen molar-refractivity contribution in [1.82, 2.24) is 0 Å². The topological polar surface area (TPSA) is 237 Å². The molecule has 0 aromatic carbocycles. The molecule has 96 heavy (non-hydrogen) atoms. The van der Waals surface area contributed by atoms with Gasteiger partial charge >= 0.3 is 39.5 Å². The molecular formula is C77H150O17P2. The molecule has 0 saturated heterocycles. The second kappa shape index (κ2) is 70.1. The lowest BCUT2D eigenvalue weighted by molar-refractivity contribution is -0.161. The van der Waals surface area contributed by atoms with E-state index in [-0.39, 0.29) is 25.7 Å². The van der Waals surface area contributed by atoms with E-state index in [1.54, 1.807) is 0 Å². The average Bonchev–Trinajstić information content (AvgIpc) is 1.82. The van der Waals surface area contributed by atoms with Crippen molar-refractivity contribution in [2.75, 3.05) is 39.6 Å². The molecule has 0 radical (unpaired) electrons. The van der Waals surface area contributed by atoms with Crippen molar-refractivity contribution in [2.24, 2.45) is 5.92 Å². The first kappa shape index (κ1) is 94.1. The molecule has 0 heterocycles. The van der Waals surface area contributed by atoms with Gasteiger partial charge in [0.2, 0.25) is 0 Å². The summed E-state index contributed by atoms with van der Waals surface area (Å²) in [6.45, 7) is 7.26. The van der Waals surface area contributed by atoms with Crippen molar-refractivity contribution in [3.63, 3.8) is 0 Å². The number of unbranched alkanes of at least 4 members (excludes halogenated alkanes) is 48. The molecule has 3 unspecified atom stereocenters. The minimum atomic E-state index is -4.96. The maximum absolute atomic E-state index is 13.1. The molecule has 0 saturated carbocycles. The second-order valence-corrected chi connectivity index (χ2v) is 30.9. The average molecular weight is 1410 g/mol. The Kier molecular flexibility index (Phi) is 68.7. The van der Waals surface area contributed by atoms with Crippen LogP contribution in [-0.2, 0) is 65.4 Å². The normalized spacial score (nSPS) is 14.2. The Hall–Kier alpha value is -1.94. The lowest BCUT2D eigenvalue weighted by Crippen LogP contribution is -2.30. The van der Waals surface area contributed by atoms with Crippen molar-refractivity contribution in [3.05, 3.63) is 0 Å². The zero-order valence-corrected chi connectivity index (χ0v) is 64.3. The van der Waals surface area contributed by atoms with E-state index in [0.717, 1.165) is 102 Å². The van der Waals surface area contributed by atoms with Crippen LogP contribution < -0.4 is 0 Å². The van der Waals surface area contributed by atoms with Crippen LogP contribution in [0.2, 0.25) is 0 Å². The monoisotopic (exact) mass is 1410 g/mol. The third-order valence-electron chi connectivity index (χ3n) is 18.4. The number of phosphoric ester groups is 2. The molecule has 0 aromatic heterocycles. The third-order valence-corrected chi connectivity index (χ3v) is 20.3. The fourth-order valence-corrected chi connectivity index (χ4v) is 13.4. The number of rotatable bonds is 77. The molecule has 0 aromatic rings. The van der Waals surface area contributed by atoms with E-state index in [1.165, 1.54) is 225 Å². The van der Waals surface area contributed by atoms with Crippen LogP contribution in [0.15, 0.2) is 0 Å². The quantitative estimate of drug-likeness (QED) is 0.0222. The molecule has 0 bridgehead atoms. The highest BCUT2D eigenvalue weighted by Crippen LogP contribution is 2.45. The molecule has 3 N–H and O–H groups in total. The van der Waals surface area contributed by atoms with Crippen LogP contribution in [0.5, 0.6) is 0 Å². The number of phosphoric acid groups is 2. The van der Waals surface area contributed by atoms with Crippen molar-refractivity contribution < 1.29 is 80.2 Å². The molecule has 0 aliphatic rings. The van der Waals surface area contributed by atoms with Gasteiger partial charge in [0, 0.05) is 25.7 Å². The van der Waals surface area contributed by atoms with Gasteiger partial charge in [-0.3, -0.25) is 37.3 Å². The minimum absolute atomic E-state index is 0.107. The van der Waals surface area contributed by atoms with Crippen molar-refractivity contribution in [1.29, 1.82) is 0 Å². The SMILES string of the molecule is CCCCCCCCCCCCCCCCCCCCCCCC(=O)O[C@H](COC(=O)CCCCCCCCCCCCCCCCC(C)CC)COP(=O)(O)OC[C@@H](O)COP(=O)(O)OC[C@@H](COC(=O)CCCCCCC)OC(=O)CCCCCCCCCCCCCC. The summed E-state index contributed by atoms with van der Waals surface area (Å²) >= 11 is 0. The maximum Gasteiger partial charge on any atom is 0.472 e.